The van der Waals surface area contributed by atoms with Gasteiger partial charge in [0.1, 0.15) is 30.2 Å². The number of rotatable bonds is 3. The van der Waals surface area contributed by atoms with Crippen molar-refractivity contribution in [3.63, 3.8) is 0 Å². The van der Waals surface area contributed by atoms with E-state index in [0.29, 0.717) is 11.2 Å². The summed E-state index contributed by atoms with van der Waals surface area (Å²) in [5, 5.41) is 32.3. The van der Waals surface area contributed by atoms with E-state index in [2.05, 4.69) is 19.7 Å². The Kier molecular flexibility index (Phi) is 4.86. The molecule has 5 rings (SSSR count). The second-order valence-electron chi connectivity index (χ2n) is 8.02. The van der Waals surface area contributed by atoms with Crippen LogP contribution in [0.15, 0.2) is 12.7 Å². The van der Waals surface area contributed by atoms with Crippen LogP contribution >= 0.6 is 0 Å². The number of anilines is 1. The number of ether oxygens (including phenoxy) is 5. The van der Waals surface area contributed by atoms with Gasteiger partial charge in [0.15, 0.2) is 23.8 Å². The van der Waals surface area contributed by atoms with Crippen molar-refractivity contribution in [1.82, 2.24) is 19.5 Å². The standard InChI is InChI=1S/C18H23N5O9/c1-28-12-11-7(31-15(12)23-6-22-10-13(19)20-5-21-14(10)23)3-9-18(27,32-11)17(25,26)4-8(30-9)16(24)29-2/h5-9,11-12,15,25-27H,3-4H2,1-2H3,(H2,19,20,21)/t7-,8+,9-,11+,12-,15-,18-/m1/s1. The molecule has 0 unspecified atom stereocenters. The van der Waals surface area contributed by atoms with E-state index in [1.807, 2.05) is 0 Å². The number of esters is 1. The summed E-state index contributed by atoms with van der Waals surface area (Å²) in [5.41, 5.74) is 6.64. The quantitative estimate of drug-likeness (QED) is 0.289. The van der Waals surface area contributed by atoms with Gasteiger partial charge in [0.05, 0.1) is 19.5 Å². The smallest absolute Gasteiger partial charge is 0.335 e. The fourth-order valence-corrected chi connectivity index (χ4v) is 4.65. The topological polar surface area (TPSA) is 194 Å². The van der Waals surface area contributed by atoms with Crippen LogP contribution in [0.1, 0.15) is 19.1 Å². The summed E-state index contributed by atoms with van der Waals surface area (Å²) in [7, 11) is 2.58. The van der Waals surface area contributed by atoms with Crippen LogP contribution in [-0.4, -0.2) is 97.1 Å². The molecule has 2 aromatic rings. The third-order valence-electron chi connectivity index (χ3n) is 6.25. The molecule has 5 heterocycles. The van der Waals surface area contributed by atoms with E-state index < -0.39 is 60.7 Å². The van der Waals surface area contributed by atoms with Gasteiger partial charge in [-0.05, 0) is 0 Å². The summed E-state index contributed by atoms with van der Waals surface area (Å²) in [6, 6.07) is 0. The number of hydrogen-bond acceptors (Lipinski definition) is 13. The second-order valence-corrected chi connectivity index (χ2v) is 8.02. The third kappa shape index (κ3) is 2.92. The molecule has 0 bridgehead atoms. The van der Waals surface area contributed by atoms with Crippen LogP contribution in [0.5, 0.6) is 0 Å². The molecule has 174 valence electrons. The molecule has 5 N–H and O–H groups in total. The molecular formula is C18H23N5O9. The van der Waals surface area contributed by atoms with Crippen LogP contribution in [0.4, 0.5) is 5.82 Å². The Hall–Kier alpha value is -2.46. The number of aromatic nitrogens is 4. The Balaban J connectivity index is 1.48. The van der Waals surface area contributed by atoms with E-state index >= 15 is 0 Å². The molecule has 0 radical (unpaired) electrons. The first-order valence-electron chi connectivity index (χ1n) is 9.89. The molecule has 3 saturated heterocycles. The third-order valence-corrected chi connectivity index (χ3v) is 6.25. The Morgan fingerprint density at radius 3 is 2.75 bits per heavy atom. The van der Waals surface area contributed by atoms with Crippen LogP contribution in [0.25, 0.3) is 11.2 Å². The van der Waals surface area contributed by atoms with Gasteiger partial charge in [0.25, 0.3) is 0 Å². The van der Waals surface area contributed by atoms with Crippen LogP contribution in [-0.2, 0) is 28.5 Å². The molecule has 7 atom stereocenters. The number of methoxy groups -OCH3 is 2. The summed E-state index contributed by atoms with van der Waals surface area (Å²) >= 11 is 0. The number of carbonyl (C=O) groups excluding carboxylic acids is 1. The van der Waals surface area contributed by atoms with E-state index in [4.69, 9.17) is 24.7 Å². The molecule has 32 heavy (non-hydrogen) atoms. The van der Waals surface area contributed by atoms with Crippen molar-refractivity contribution in [1.29, 1.82) is 0 Å². The van der Waals surface area contributed by atoms with Crippen molar-refractivity contribution < 1.29 is 43.8 Å². The first-order valence-corrected chi connectivity index (χ1v) is 9.89. The summed E-state index contributed by atoms with van der Waals surface area (Å²) in [5.74, 6) is -5.93. The summed E-state index contributed by atoms with van der Waals surface area (Å²) < 4.78 is 29.4. The maximum atomic E-state index is 11.9. The minimum atomic E-state index is -2.79. The SMILES string of the molecule is COC(=O)[C@@H]1CC(O)(O)[C@]2(O)O[C@@H]3[C@@H](OC)[C@H](n4cnc5c(N)ncnc54)O[C@@H]3C[C@H]2O1. The lowest BCUT2D eigenvalue weighted by molar-refractivity contribution is -0.456. The number of carbonyl (C=O) groups is 1. The van der Waals surface area contributed by atoms with Crippen LogP contribution in [0.2, 0.25) is 0 Å². The highest BCUT2D eigenvalue weighted by Gasteiger charge is 2.68. The number of imidazole rings is 1. The first kappa shape index (κ1) is 21.4. The fourth-order valence-electron chi connectivity index (χ4n) is 4.65. The highest BCUT2D eigenvalue weighted by atomic mass is 16.7. The zero-order chi connectivity index (χ0) is 22.8. The van der Waals surface area contributed by atoms with Gasteiger partial charge < -0.3 is 44.7 Å². The maximum absolute atomic E-state index is 11.9. The molecule has 0 aromatic carbocycles. The van der Waals surface area contributed by atoms with Gasteiger partial charge in [0, 0.05) is 20.0 Å². The molecule has 0 amide bonds. The molecule has 0 aliphatic carbocycles. The maximum Gasteiger partial charge on any atom is 0.335 e. The number of hydrogen-bond donors (Lipinski definition) is 4. The predicted molar refractivity (Wildman–Crippen MR) is 101 cm³/mol. The summed E-state index contributed by atoms with van der Waals surface area (Å²) in [6.45, 7) is 0. The Labute approximate surface area is 180 Å². The lowest BCUT2D eigenvalue weighted by Crippen LogP contribution is -2.73. The van der Waals surface area contributed by atoms with Crippen LogP contribution in [0, 0.1) is 0 Å². The average molecular weight is 453 g/mol. The highest BCUT2D eigenvalue weighted by Crippen LogP contribution is 2.49. The number of nitrogens with zero attached hydrogens (tertiary/aromatic N) is 4. The van der Waals surface area contributed by atoms with Gasteiger partial charge >= 0.3 is 5.97 Å². The molecule has 3 aliphatic heterocycles. The zero-order valence-corrected chi connectivity index (χ0v) is 17.2. The van der Waals surface area contributed by atoms with E-state index in [9.17, 15) is 20.1 Å². The number of fused-ring (bicyclic) bond motifs is 3. The molecule has 3 fully saturated rings. The Bertz CT molecular complexity index is 1050. The van der Waals surface area contributed by atoms with Crippen molar-refractivity contribution in [3.8, 4) is 0 Å². The molecule has 3 aliphatic rings. The Morgan fingerprint density at radius 1 is 1.25 bits per heavy atom. The van der Waals surface area contributed by atoms with Gasteiger partial charge in [-0.15, -0.1) is 0 Å². The van der Waals surface area contributed by atoms with Gasteiger partial charge in [-0.3, -0.25) is 4.57 Å². The molecule has 0 saturated carbocycles. The molecule has 2 aromatic heterocycles. The number of aliphatic hydroxyl groups is 3. The van der Waals surface area contributed by atoms with Gasteiger partial charge in [0.2, 0.25) is 11.6 Å². The second kappa shape index (κ2) is 7.28. The molecule has 14 nitrogen and oxygen atoms in total. The average Bonchev–Trinajstić information content (AvgIpc) is 3.33. The van der Waals surface area contributed by atoms with Crippen LogP contribution in [0.3, 0.4) is 0 Å². The monoisotopic (exact) mass is 453 g/mol. The first-order chi connectivity index (χ1) is 15.2. The van der Waals surface area contributed by atoms with E-state index in [-0.39, 0.29) is 12.2 Å². The molecular weight excluding hydrogens is 430 g/mol. The van der Waals surface area contributed by atoms with Crippen molar-refractivity contribution in [2.75, 3.05) is 20.0 Å². The Morgan fingerprint density at radius 2 is 2.03 bits per heavy atom. The summed E-state index contributed by atoms with van der Waals surface area (Å²) in [6.07, 6.45) is -3.64. The van der Waals surface area contributed by atoms with Crippen molar-refractivity contribution in [2.45, 2.75) is 61.2 Å². The predicted octanol–water partition coefficient (Wildman–Crippen LogP) is -2.19. The van der Waals surface area contributed by atoms with Gasteiger partial charge in [-0.2, -0.15) is 0 Å². The van der Waals surface area contributed by atoms with Crippen molar-refractivity contribution in [3.05, 3.63) is 12.7 Å². The minimum Gasteiger partial charge on any atom is -0.467 e. The van der Waals surface area contributed by atoms with Crippen molar-refractivity contribution in [2.24, 2.45) is 0 Å². The van der Waals surface area contributed by atoms with Gasteiger partial charge in [-0.25, -0.2) is 19.7 Å². The van der Waals surface area contributed by atoms with Gasteiger partial charge in [-0.1, -0.05) is 0 Å². The van der Waals surface area contributed by atoms with E-state index in [0.717, 1.165) is 7.11 Å². The lowest BCUT2D eigenvalue weighted by atomic mass is 9.83. The lowest BCUT2D eigenvalue weighted by Gasteiger charge is -2.53. The molecule has 14 heteroatoms. The highest BCUT2D eigenvalue weighted by molar-refractivity contribution is 5.81. The minimum absolute atomic E-state index is 0.0162. The largest absolute Gasteiger partial charge is 0.467 e. The fraction of sp³-hybridized carbons (Fsp3) is 0.667. The van der Waals surface area contributed by atoms with Crippen molar-refractivity contribution >= 4 is 23.0 Å². The zero-order valence-electron chi connectivity index (χ0n) is 17.2. The number of nitrogens with two attached hydrogens (primary N) is 1. The van der Waals surface area contributed by atoms with E-state index in [1.54, 1.807) is 4.57 Å². The van der Waals surface area contributed by atoms with Crippen LogP contribution < -0.4 is 5.73 Å². The number of nitrogen functional groups attached to an aromatic ring is 1. The van der Waals surface area contributed by atoms with E-state index in [1.165, 1.54) is 19.8 Å². The normalized spacial score (nSPS) is 38.3. The molecule has 0 spiro atoms. The summed E-state index contributed by atoms with van der Waals surface area (Å²) in [4.78, 5) is 24.3.